The predicted octanol–water partition coefficient (Wildman–Crippen LogP) is 6.35. The lowest BCUT2D eigenvalue weighted by atomic mass is 9.98. The molecule has 0 unspecified atom stereocenters. The highest BCUT2D eigenvalue weighted by Gasteiger charge is 2.18. The number of benzene rings is 3. The van der Waals surface area contributed by atoms with Gasteiger partial charge in [0.25, 0.3) is 0 Å². The number of pyridine rings is 1. The number of nitrogens with zero attached hydrogens (tertiary/aromatic N) is 2. The molecule has 0 aliphatic rings. The van der Waals surface area contributed by atoms with Gasteiger partial charge in [-0.1, -0.05) is 60.7 Å². The molecule has 0 atom stereocenters. The van der Waals surface area contributed by atoms with E-state index in [-0.39, 0.29) is 0 Å². The maximum Gasteiger partial charge on any atom is 0.128 e. The molecule has 2 heterocycles. The molecule has 5 aromatic rings. The first kappa shape index (κ1) is 18.9. The summed E-state index contributed by atoms with van der Waals surface area (Å²) >= 11 is 0. The quantitative estimate of drug-likeness (QED) is 0.341. The smallest absolute Gasteiger partial charge is 0.128 e. The molecule has 4 heteroatoms. The van der Waals surface area contributed by atoms with Crippen molar-refractivity contribution >= 4 is 5.52 Å². The Bertz CT molecular complexity index is 1340. The van der Waals surface area contributed by atoms with Crippen molar-refractivity contribution < 1.29 is 9.47 Å². The zero-order chi connectivity index (χ0) is 21.2. The van der Waals surface area contributed by atoms with Gasteiger partial charge in [-0.2, -0.15) is 5.10 Å². The van der Waals surface area contributed by atoms with E-state index in [1.54, 1.807) is 14.2 Å². The van der Waals surface area contributed by atoms with Crippen LogP contribution in [0.4, 0.5) is 0 Å². The molecule has 4 nitrogen and oxygen atoms in total. The Kier molecular flexibility index (Phi) is 4.89. The number of para-hydroxylation sites is 1. The van der Waals surface area contributed by atoms with Crippen molar-refractivity contribution in [3.8, 4) is 45.1 Å². The Morgan fingerprint density at radius 2 is 1.39 bits per heavy atom. The molecule has 0 fully saturated rings. The van der Waals surface area contributed by atoms with E-state index < -0.39 is 0 Å². The maximum absolute atomic E-state index is 5.71. The van der Waals surface area contributed by atoms with Crippen molar-refractivity contribution in [1.82, 2.24) is 9.61 Å². The summed E-state index contributed by atoms with van der Waals surface area (Å²) in [6.45, 7) is 0. The van der Waals surface area contributed by atoms with Gasteiger partial charge in [-0.3, -0.25) is 0 Å². The highest BCUT2D eigenvalue weighted by Crippen LogP contribution is 2.38. The molecule has 0 aliphatic heterocycles. The molecule has 0 saturated carbocycles. The number of methoxy groups -OCH3 is 2. The number of rotatable bonds is 5. The molecule has 0 N–H and O–H groups in total. The number of hydrogen-bond donors (Lipinski definition) is 0. The molecule has 3 aromatic carbocycles. The number of aromatic nitrogens is 2. The number of fused-ring (bicyclic) bond motifs is 1. The molecule has 0 aliphatic carbocycles. The van der Waals surface area contributed by atoms with Gasteiger partial charge < -0.3 is 9.47 Å². The molecule has 0 bridgehead atoms. The third kappa shape index (κ3) is 3.42. The van der Waals surface area contributed by atoms with Crippen molar-refractivity contribution in [3.05, 3.63) is 97.1 Å². The van der Waals surface area contributed by atoms with Gasteiger partial charge in [0.05, 0.1) is 31.1 Å². The Labute approximate surface area is 181 Å². The van der Waals surface area contributed by atoms with Crippen LogP contribution in [0.15, 0.2) is 97.1 Å². The van der Waals surface area contributed by atoms with Crippen LogP contribution in [0.25, 0.3) is 39.2 Å². The molecule has 0 saturated heterocycles. The van der Waals surface area contributed by atoms with Crippen molar-refractivity contribution in [1.29, 1.82) is 0 Å². The molecular formula is C27H22N2O2. The molecular weight excluding hydrogens is 384 g/mol. The predicted molar refractivity (Wildman–Crippen MR) is 125 cm³/mol. The molecule has 0 radical (unpaired) electrons. The average Bonchev–Trinajstić information content (AvgIpc) is 3.28. The molecule has 0 spiro atoms. The van der Waals surface area contributed by atoms with Crippen LogP contribution >= 0.6 is 0 Å². The van der Waals surface area contributed by atoms with E-state index in [4.69, 9.17) is 14.6 Å². The topological polar surface area (TPSA) is 35.8 Å². The average molecular weight is 406 g/mol. The Hall–Kier alpha value is -4.05. The number of ether oxygens (including phenoxy) is 2. The summed E-state index contributed by atoms with van der Waals surface area (Å²) in [5, 5.41) is 4.99. The fourth-order valence-corrected chi connectivity index (χ4v) is 3.91. The summed E-state index contributed by atoms with van der Waals surface area (Å²) in [6.07, 6.45) is 0. The summed E-state index contributed by atoms with van der Waals surface area (Å²) in [5.41, 5.74) is 7.18. The molecule has 31 heavy (non-hydrogen) atoms. The number of hydrogen-bond acceptors (Lipinski definition) is 3. The lowest BCUT2D eigenvalue weighted by Crippen LogP contribution is -1.99. The standard InChI is InChI=1S/C27H22N2O2/c1-30-22-15-12-19(13-16-22)23-17-14-21-18-25(20-8-4-3-5-9-20)28-29(21)27(23)24-10-6-7-11-26(24)31-2/h3-18H,1-2H3. The second kappa shape index (κ2) is 8.00. The molecule has 5 rings (SSSR count). The van der Waals surface area contributed by atoms with Crippen molar-refractivity contribution in [3.63, 3.8) is 0 Å². The van der Waals surface area contributed by atoms with Crippen LogP contribution in [0.2, 0.25) is 0 Å². The third-order valence-electron chi connectivity index (χ3n) is 5.46. The highest BCUT2D eigenvalue weighted by molar-refractivity contribution is 5.86. The largest absolute Gasteiger partial charge is 0.497 e. The van der Waals surface area contributed by atoms with Crippen LogP contribution < -0.4 is 9.47 Å². The van der Waals surface area contributed by atoms with E-state index in [1.807, 2.05) is 53.0 Å². The minimum absolute atomic E-state index is 0.807. The third-order valence-corrected chi connectivity index (χ3v) is 5.46. The second-order valence-corrected chi connectivity index (χ2v) is 7.26. The first-order valence-electron chi connectivity index (χ1n) is 10.1. The minimum atomic E-state index is 0.807. The molecule has 2 aromatic heterocycles. The van der Waals surface area contributed by atoms with Crippen molar-refractivity contribution in [2.75, 3.05) is 14.2 Å². The van der Waals surface area contributed by atoms with Crippen LogP contribution in [0.3, 0.4) is 0 Å². The summed E-state index contributed by atoms with van der Waals surface area (Å²) in [4.78, 5) is 0. The van der Waals surface area contributed by atoms with E-state index in [2.05, 4.69) is 48.5 Å². The van der Waals surface area contributed by atoms with Gasteiger partial charge in [0.2, 0.25) is 0 Å². The highest BCUT2D eigenvalue weighted by atomic mass is 16.5. The zero-order valence-electron chi connectivity index (χ0n) is 17.4. The van der Waals surface area contributed by atoms with Crippen LogP contribution in [-0.2, 0) is 0 Å². The zero-order valence-corrected chi connectivity index (χ0v) is 17.4. The van der Waals surface area contributed by atoms with Crippen LogP contribution in [0.5, 0.6) is 11.5 Å². The summed E-state index contributed by atoms with van der Waals surface area (Å²) in [5.74, 6) is 1.63. The van der Waals surface area contributed by atoms with Gasteiger partial charge in [0.15, 0.2) is 0 Å². The lowest BCUT2D eigenvalue weighted by Gasteiger charge is -2.15. The summed E-state index contributed by atoms with van der Waals surface area (Å²) < 4.78 is 13.1. The lowest BCUT2D eigenvalue weighted by molar-refractivity contribution is 0.415. The first-order chi connectivity index (χ1) is 15.3. The van der Waals surface area contributed by atoms with E-state index >= 15 is 0 Å². The van der Waals surface area contributed by atoms with Gasteiger partial charge in [-0.05, 0) is 42.0 Å². The summed E-state index contributed by atoms with van der Waals surface area (Å²) in [7, 11) is 3.38. The Balaban J connectivity index is 1.80. The monoisotopic (exact) mass is 406 g/mol. The van der Waals surface area contributed by atoms with Gasteiger partial charge in [-0.15, -0.1) is 0 Å². The Morgan fingerprint density at radius 3 is 2.13 bits per heavy atom. The fourth-order valence-electron chi connectivity index (χ4n) is 3.91. The van der Waals surface area contributed by atoms with Gasteiger partial charge in [-0.25, -0.2) is 4.52 Å². The van der Waals surface area contributed by atoms with Gasteiger partial charge in [0.1, 0.15) is 11.5 Å². The van der Waals surface area contributed by atoms with Gasteiger partial charge in [0, 0.05) is 16.7 Å². The van der Waals surface area contributed by atoms with E-state index in [1.165, 1.54) is 0 Å². The molecule has 0 amide bonds. The van der Waals surface area contributed by atoms with Crippen molar-refractivity contribution in [2.24, 2.45) is 0 Å². The van der Waals surface area contributed by atoms with E-state index in [0.29, 0.717) is 0 Å². The van der Waals surface area contributed by atoms with Crippen molar-refractivity contribution in [2.45, 2.75) is 0 Å². The van der Waals surface area contributed by atoms with Crippen LogP contribution in [-0.4, -0.2) is 23.8 Å². The second-order valence-electron chi connectivity index (χ2n) is 7.26. The fraction of sp³-hybridized carbons (Fsp3) is 0.0741. The first-order valence-corrected chi connectivity index (χ1v) is 10.1. The van der Waals surface area contributed by atoms with Gasteiger partial charge >= 0.3 is 0 Å². The van der Waals surface area contributed by atoms with E-state index in [9.17, 15) is 0 Å². The SMILES string of the molecule is COc1ccc(-c2ccc3cc(-c4ccccc4)nn3c2-c2ccccc2OC)cc1. The van der Waals surface area contributed by atoms with E-state index in [0.717, 1.165) is 50.7 Å². The van der Waals surface area contributed by atoms with Crippen LogP contribution in [0, 0.1) is 0 Å². The van der Waals surface area contributed by atoms with Crippen LogP contribution in [0.1, 0.15) is 0 Å². The summed E-state index contributed by atoms with van der Waals surface area (Å²) in [6, 6.07) is 32.8. The molecule has 152 valence electrons. The minimum Gasteiger partial charge on any atom is -0.497 e. The normalized spacial score (nSPS) is 10.9. The maximum atomic E-state index is 5.71. The Morgan fingerprint density at radius 1 is 0.645 bits per heavy atom.